The minimum atomic E-state index is -1.12. The highest BCUT2D eigenvalue weighted by atomic mass is 32.1. The highest BCUT2D eigenvalue weighted by molar-refractivity contribution is 7.15. The fourth-order valence-electron chi connectivity index (χ4n) is 5.89. The van der Waals surface area contributed by atoms with Gasteiger partial charge in [-0.2, -0.15) is 0 Å². The van der Waals surface area contributed by atoms with E-state index in [9.17, 15) is 18.4 Å². The van der Waals surface area contributed by atoms with Crippen molar-refractivity contribution in [3.63, 3.8) is 0 Å². The number of benzene rings is 2. The van der Waals surface area contributed by atoms with E-state index in [0.717, 1.165) is 32.0 Å². The smallest absolute Gasteiger partial charge is 0.410 e. The number of hydrogen-bond acceptors (Lipinski definition) is 8. The molecular formula is C36H40F2N4O4S2. The molecule has 4 atom stereocenters. The highest BCUT2D eigenvalue weighted by Gasteiger charge is 2.41. The lowest BCUT2D eigenvalue weighted by atomic mass is 10.0. The quantitative estimate of drug-likeness (QED) is 0.207. The number of nitrogens with zero attached hydrogens (tertiary/aromatic N) is 4. The molecule has 0 saturated carbocycles. The van der Waals surface area contributed by atoms with Crippen LogP contribution in [0, 0.1) is 0 Å². The van der Waals surface area contributed by atoms with E-state index < -0.39 is 47.8 Å². The maximum Gasteiger partial charge on any atom is 0.410 e. The molecule has 2 fully saturated rings. The predicted molar refractivity (Wildman–Crippen MR) is 184 cm³/mol. The Balaban J connectivity index is 1.12. The molecule has 48 heavy (non-hydrogen) atoms. The van der Waals surface area contributed by atoms with Crippen LogP contribution in [0.15, 0.2) is 60.9 Å². The lowest BCUT2D eigenvalue weighted by Gasteiger charge is -2.27. The maximum atomic E-state index is 14.4. The van der Waals surface area contributed by atoms with Crippen molar-refractivity contribution in [1.29, 1.82) is 0 Å². The van der Waals surface area contributed by atoms with Crippen LogP contribution >= 0.6 is 22.7 Å². The van der Waals surface area contributed by atoms with E-state index in [0.29, 0.717) is 10.0 Å². The first-order chi connectivity index (χ1) is 22.6. The average Bonchev–Trinajstić information content (AvgIpc) is 3.81. The van der Waals surface area contributed by atoms with Gasteiger partial charge in [0.1, 0.15) is 33.6 Å². The van der Waals surface area contributed by atoms with Gasteiger partial charge in [0.25, 0.3) is 0 Å². The minimum absolute atomic E-state index is 0.00107. The number of thiazole rings is 2. The molecule has 4 aromatic rings. The van der Waals surface area contributed by atoms with E-state index in [1.807, 2.05) is 48.5 Å². The van der Waals surface area contributed by atoms with E-state index in [2.05, 4.69) is 9.97 Å². The minimum Gasteiger partial charge on any atom is -0.444 e. The SMILES string of the molecule is CC(C)(C)OC(=O)N1C[C@H](F)C[C@H]1c1ncc(-c2ccc(-c3ccc(-c4cnc([C@@H]5C[C@@H](F)CN5C(=O)OC(C)(C)C)s4)cc3)cc2)s1. The number of alkyl halides is 2. The lowest BCUT2D eigenvalue weighted by molar-refractivity contribution is 0.0206. The molecule has 4 heterocycles. The van der Waals surface area contributed by atoms with Gasteiger partial charge in [-0.05, 0) is 63.8 Å². The van der Waals surface area contributed by atoms with Crippen LogP contribution in [0.3, 0.4) is 0 Å². The number of hydrogen-bond donors (Lipinski definition) is 0. The van der Waals surface area contributed by atoms with Gasteiger partial charge in [0.2, 0.25) is 0 Å². The summed E-state index contributed by atoms with van der Waals surface area (Å²) >= 11 is 2.92. The molecule has 254 valence electrons. The van der Waals surface area contributed by atoms with Gasteiger partial charge in [0.05, 0.1) is 34.9 Å². The Morgan fingerprint density at radius 3 is 1.31 bits per heavy atom. The number of carbonyl (C=O) groups is 2. The first-order valence-electron chi connectivity index (χ1n) is 16.0. The van der Waals surface area contributed by atoms with Crippen LogP contribution in [0.2, 0.25) is 0 Å². The summed E-state index contributed by atoms with van der Waals surface area (Å²) in [6.45, 7) is 10.8. The molecule has 0 unspecified atom stereocenters. The van der Waals surface area contributed by atoms with Crippen LogP contribution < -0.4 is 0 Å². The Labute approximate surface area is 287 Å². The second-order valence-corrected chi connectivity index (χ2v) is 16.4. The molecule has 0 N–H and O–H groups in total. The zero-order valence-corrected chi connectivity index (χ0v) is 29.5. The number of carbonyl (C=O) groups excluding carboxylic acids is 2. The molecule has 12 heteroatoms. The molecule has 2 amide bonds. The molecule has 0 aliphatic carbocycles. The summed E-state index contributed by atoms with van der Waals surface area (Å²) in [7, 11) is 0. The van der Waals surface area contributed by atoms with Crippen LogP contribution in [0.25, 0.3) is 32.0 Å². The fourth-order valence-corrected chi connectivity index (χ4v) is 7.99. The van der Waals surface area contributed by atoms with Crippen molar-refractivity contribution in [3.8, 4) is 32.0 Å². The Kier molecular flexibility index (Phi) is 9.34. The summed E-state index contributed by atoms with van der Waals surface area (Å²) in [5.41, 5.74) is 2.72. The Bertz CT molecular complexity index is 1630. The van der Waals surface area contributed by atoms with Gasteiger partial charge in [-0.3, -0.25) is 9.80 Å². The van der Waals surface area contributed by atoms with Crippen molar-refractivity contribution in [2.24, 2.45) is 0 Å². The topological polar surface area (TPSA) is 84.9 Å². The lowest BCUT2D eigenvalue weighted by Crippen LogP contribution is -2.36. The monoisotopic (exact) mass is 694 g/mol. The molecule has 0 bridgehead atoms. The van der Waals surface area contributed by atoms with Gasteiger partial charge in [-0.25, -0.2) is 28.3 Å². The number of rotatable bonds is 5. The Morgan fingerprint density at radius 2 is 0.979 bits per heavy atom. The molecule has 8 nitrogen and oxygen atoms in total. The second-order valence-electron chi connectivity index (χ2n) is 14.2. The van der Waals surface area contributed by atoms with Crippen molar-refractivity contribution in [3.05, 3.63) is 70.9 Å². The van der Waals surface area contributed by atoms with Gasteiger partial charge < -0.3 is 9.47 Å². The molecule has 6 rings (SSSR count). The molecule has 2 aliphatic heterocycles. The Morgan fingerprint density at radius 1 is 0.646 bits per heavy atom. The molecule has 2 aliphatic rings. The summed E-state index contributed by atoms with van der Waals surface area (Å²) in [6, 6.07) is 15.4. The number of ether oxygens (including phenoxy) is 2. The van der Waals surface area contributed by atoms with E-state index in [1.165, 1.54) is 32.5 Å². The van der Waals surface area contributed by atoms with E-state index >= 15 is 0 Å². The van der Waals surface area contributed by atoms with Crippen LogP contribution in [-0.4, -0.2) is 68.6 Å². The number of likely N-dealkylation sites (tertiary alicyclic amines) is 2. The first kappa shape index (κ1) is 34.0. The van der Waals surface area contributed by atoms with Crippen LogP contribution in [0.1, 0.15) is 76.5 Å². The zero-order valence-electron chi connectivity index (χ0n) is 27.9. The Hall–Kier alpha value is -3.90. The third kappa shape index (κ3) is 7.70. The van der Waals surface area contributed by atoms with E-state index in [4.69, 9.17) is 9.47 Å². The summed E-state index contributed by atoms with van der Waals surface area (Å²) in [4.78, 5) is 39.4. The predicted octanol–water partition coefficient (Wildman–Crippen LogP) is 9.64. The number of aromatic nitrogens is 2. The van der Waals surface area contributed by atoms with Gasteiger partial charge in [0, 0.05) is 25.2 Å². The normalized spacial score (nSPS) is 21.5. The molecule has 2 aromatic carbocycles. The zero-order chi connectivity index (χ0) is 34.4. The van der Waals surface area contributed by atoms with Gasteiger partial charge in [0.15, 0.2) is 0 Å². The van der Waals surface area contributed by atoms with Crippen molar-refractivity contribution in [1.82, 2.24) is 19.8 Å². The fraction of sp³-hybridized carbons (Fsp3) is 0.444. The van der Waals surface area contributed by atoms with Gasteiger partial charge in [-0.1, -0.05) is 48.5 Å². The third-order valence-corrected chi connectivity index (χ3v) is 10.3. The summed E-state index contributed by atoms with van der Waals surface area (Å²) in [5.74, 6) is 0. The van der Waals surface area contributed by atoms with E-state index in [1.54, 1.807) is 53.9 Å². The third-order valence-electron chi connectivity index (χ3n) is 8.05. The summed E-state index contributed by atoms with van der Waals surface area (Å²) in [5, 5.41) is 1.38. The first-order valence-corrected chi connectivity index (χ1v) is 17.7. The summed E-state index contributed by atoms with van der Waals surface area (Å²) < 4.78 is 39.9. The van der Waals surface area contributed by atoms with Gasteiger partial charge in [-0.15, -0.1) is 22.7 Å². The highest BCUT2D eigenvalue weighted by Crippen LogP contribution is 2.41. The molecule has 2 aromatic heterocycles. The van der Waals surface area contributed by atoms with Crippen LogP contribution in [0.5, 0.6) is 0 Å². The average molecular weight is 695 g/mol. The maximum absolute atomic E-state index is 14.4. The molecule has 0 radical (unpaired) electrons. The van der Waals surface area contributed by atoms with Crippen LogP contribution in [0.4, 0.5) is 18.4 Å². The second kappa shape index (κ2) is 13.2. The van der Waals surface area contributed by atoms with Crippen molar-refractivity contribution in [2.45, 2.75) is 90.0 Å². The van der Waals surface area contributed by atoms with Gasteiger partial charge >= 0.3 is 12.2 Å². The van der Waals surface area contributed by atoms with Crippen LogP contribution in [-0.2, 0) is 9.47 Å². The van der Waals surface area contributed by atoms with E-state index in [-0.39, 0.29) is 25.9 Å². The number of halogens is 2. The number of amides is 2. The molecule has 2 saturated heterocycles. The molecule has 0 spiro atoms. The van der Waals surface area contributed by atoms with Crippen molar-refractivity contribution in [2.75, 3.05) is 13.1 Å². The summed E-state index contributed by atoms with van der Waals surface area (Å²) in [6.07, 6.45) is 0.665. The standard InChI is InChI=1S/C36H40F2N4O4S2/c1-35(2,3)45-33(43)41-19-25(37)15-27(41)31-39-17-29(47-31)23-11-7-21(8-12-23)22-9-13-24(14-10-22)30-18-40-32(48-30)28-16-26(38)20-42(28)34(44)46-36(4,5)6/h7-14,17-18,25-28H,15-16,19-20H2,1-6H3/t25-,26-,27+,28+/m1/s1. The van der Waals surface area contributed by atoms with Crippen molar-refractivity contribution >= 4 is 34.9 Å². The molecular weight excluding hydrogens is 655 g/mol. The van der Waals surface area contributed by atoms with Crippen molar-refractivity contribution < 1.29 is 27.8 Å². The largest absolute Gasteiger partial charge is 0.444 e.